The lowest BCUT2D eigenvalue weighted by Crippen LogP contribution is -2.31. The highest BCUT2D eigenvalue weighted by atomic mass is 32.2. The van der Waals surface area contributed by atoms with Crippen LogP contribution in [0, 0.1) is 11.6 Å². The van der Waals surface area contributed by atoms with Gasteiger partial charge < -0.3 is 5.32 Å². The third kappa shape index (κ3) is 4.49. The minimum atomic E-state index is -0.609. The van der Waals surface area contributed by atoms with Crippen LogP contribution in [0.1, 0.15) is 16.8 Å². The van der Waals surface area contributed by atoms with E-state index in [-0.39, 0.29) is 23.8 Å². The SMILES string of the molecule is O=C(Nc1ccc(SC2CC(=O)N(c3ccc(F)cc3)C2=O)cc1)c1ccccc1F. The summed E-state index contributed by atoms with van der Waals surface area (Å²) >= 11 is 1.23. The van der Waals surface area contributed by atoms with Gasteiger partial charge in [-0.05, 0) is 60.7 Å². The average Bonchev–Trinajstić information content (AvgIpc) is 3.03. The molecule has 0 spiro atoms. The van der Waals surface area contributed by atoms with Gasteiger partial charge in [0.25, 0.3) is 5.91 Å². The predicted molar refractivity (Wildman–Crippen MR) is 114 cm³/mol. The van der Waals surface area contributed by atoms with Crippen molar-refractivity contribution in [3.63, 3.8) is 0 Å². The zero-order valence-corrected chi connectivity index (χ0v) is 16.9. The molecule has 1 saturated heterocycles. The largest absolute Gasteiger partial charge is 0.322 e. The molecule has 3 aromatic carbocycles. The van der Waals surface area contributed by atoms with Crippen molar-refractivity contribution in [1.29, 1.82) is 0 Å². The third-order valence-electron chi connectivity index (χ3n) is 4.70. The first-order chi connectivity index (χ1) is 14.9. The molecule has 1 heterocycles. The molecule has 3 amide bonds. The standard InChI is InChI=1S/C23H16F2N2O3S/c24-14-5-9-16(10-6-14)27-21(28)13-20(23(27)30)31-17-11-7-15(8-12-17)26-22(29)18-3-1-2-4-19(18)25/h1-12,20H,13H2,(H,26,29). The second kappa shape index (κ2) is 8.69. The minimum Gasteiger partial charge on any atom is -0.322 e. The molecule has 31 heavy (non-hydrogen) atoms. The third-order valence-corrected chi connectivity index (χ3v) is 5.90. The van der Waals surface area contributed by atoms with Crippen LogP contribution in [0.5, 0.6) is 0 Å². The Kier molecular flexibility index (Phi) is 5.81. The van der Waals surface area contributed by atoms with Crippen LogP contribution >= 0.6 is 11.8 Å². The highest BCUT2D eigenvalue weighted by Gasteiger charge is 2.40. The van der Waals surface area contributed by atoms with Crippen molar-refractivity contribution in [3.8, 4) is 0 Å². The van der Waals surface area contributed by atoms with E-state index in [1.54, 1.807) is 30.3 Å². The van der Waals surface area contributed by atoms with Gasteiger partial charge in [0.1, 0.15) is 11.6 Å². The van der Waals surface area contributed by atoms with E-state index in [1.165, 1.54) is 54.2 Å². The molecule has 0 radical (unpaired) electrons. The van der Waals surface area contributed by atoms with E-state index in [0.717, 1.165) is 9.80 Å². The van der Waals surface area contributed by atoms with Crippen molar-refractivity contribution in [3.05, 3.63) is 90.0 Å². The number of hydrogen-bond donors (Lipinski definition) is 1. The molecule has 0 aromatic heterocycles. The number of nitrogens with one attached hydrogen (secondary N) is 1. The van der Waals surface area contributed by atoms with Crippen LogP contribution in [0.3, 0.4) is 0 Å². The van der Waals surface area contributed by atoms with Crippen LogP contribution in [-0.2, 0) is 9.59 Å². The van der Waals surface area contributed by atoms with Crippen molar-refractivity contribution < 1.29 is 23.2 Å². The zero-order chi connectivity index (χ0) is 22.0. The first kappa shape index (κ1) is 20.7. The Hall–Kier alpha value is -3.52. The molecule has 0 aliphatic carbocycles. The van der Waals surface area contributed by atoms with Crippen LogP contribution < -0.4 is 10.2 Å². The highest BCUT2D eigenvalue weighted by molar-refractivity contribution is 8.00. The van der Waals surface area contributed by atoms with E-state index < -0.39 is 22.8 Å². The van der Waals surface area contributed by atoms with Gasteiger partial charge in [0.2, 0.25) is 11.8 Å². The summed E-state index contributed by atoms with van der Waals surface area (Å²) in [4.78, 5) is 39.0. The number of amides is 3. The molecule has 1 aliphatic rings. The maximum absolute atomic E-state index is 13.7. The Morgan fingerprint density at radius 3 is 2.29 bits per heavy atom. The van der Waals surface area contributed by atoms with Gasteiger partial charge in [-0.1, -0.05) is 12.1 Å². The Balaban J connectivity index is 1.41. The van der Waals surface area contributed by atoms with E-state index >= 15 is 0 Å². The molecule has 3 aromatic rings. The van der Waals surface area contributed by atoms with Gasteiger partial charge in [-0.25, -0.2) is 13.7 Å². The van der Waals surface area contributed by atoms with E-state index in [2.05, 4.69) is 5.32 Å². The molecule has 0 bridgehead atoms. The number of benzene rings is 3. The lowest BCUT2D eigenvalue weighted by molar-refractivity contribution is -0.121. The Bertz CT molecular complexity index is 1150. The number of anilines is 2. The van der Waals surface area contributed by atoms with Crippen molar-refractivity contribution in [1.82, 2.24) is 0 Å². The van der Waals surface area contributed by atoms with Crippen LogP contribution in [0.15, 0.2) is 77.7 Å². The molecule has 5 nitrogen and oxygen atoms in total. The Morgan fingerprint density at radius 2 is 1.61 bits per heavy atom. The van der Waals surface area contributed by atoms with E-state index in [4.69, 9.17) is 0 Å². The molecule has 8 heteroatoms. The second-order valence-corrected chi connectivity index (χ2v) is 8.09. The summed E-state index contributed by atoms with van der Waals surface area (Å²) < 4.78 is 26.9. The highest BCUT2D eigenvalue weighted by Crippen LogP contribution is 2.34. The van der Waals surface area contributed by atoms with Crippen molar-refractivity contribution in [2.45, 2.75) is 16.6 Å². The van der Waals surface area contributed by atoms with Crippen LogP contribution in [0.25, 0.3) is 0 Å². The van der Waals surface area contributed by atoms with Gasteiger partial charge in [0, 0.05) is 17.0 Å². The summed E-state index contributed by atoms with van der Waals surface area (Å²) in [6.45, 7) is 0. The number of carbonyl (C=O) groups is 3. The zero-order valence-electron chi connectivity index (χ0n) is 16.0. The molecule has 156 valence electrons. The van der Waals surface area contributed by atoms with E-state index in [9.17, 15) is 23.2 Å². The van der Waals surface area contributed by atoms with Crippen molar-refractivity contribution in [2.75, 3.05) is 10.2 Å². The Labute approximate surface area is 181 Å². The van der Waals surface area contributed by atoms with Crippen LogP contribution in [0.4, 0.5) is 20.2 Å². The number of imide groups is 1. The molecule has 1 aliphatic heterocycles. The fourth-order valence-electron chi connectivity index (χ4n) is 3.18. The minimum absolute atomic E-state index is 0.0344. The predicted octanol–water partition coefficient (Wildman–Crippen LogP) is 4.64. The summed E-state index contributed by atoms with van der Waals surface area (Å²) in [5, 5.41) is 2.02. The molecule has 1 unspecified atom stereocenters. The number of carbonyl (C=O) groups excluding carboxylic acids is 3. The smallest absolute Gasteiger partial charge is 0.258 e. The van der Waals surface area contributed by atoms with Crippen molar-refractivity contribution in [2.24, 2.45) is 0 Å². The van der Waals surface area contributed by atoms with Crippen LogP contribution in [0.2, 0.25) is 0 Å². The molecule has 0 saturated carbocycles. The lowest BCUT2D eigenvalue weighted by Gasteiger charge is -2.15. The second-order valence-electron chi connectivity index (χ2n) is 6.81. The van der Waals surface area contributed by atoms with E-state index in [1.807, 2.05) is 0 Å². The molecular formula is C23H16F2N2O3S. The summed E-state index contributed by atoms with van der Waals surface area (Å²) in [7, 11) is 0. The number of halogens is 2. The quantitative estimate of drug-likeness (QED) is 0.590. The van der Waals surface area contributed by atoms with Gasteiger partial charge in [0.05, 0.1) is 16.5 Å². The van der Waals surface area contributed by atoms with Gasteiger partial charge in [-0.3, -0.25) is 14.4 Å². The lowest BCUT2D eigenvalue weighted by atomic mass is 10.2. The summed E-state index contributed by atoms with van der Waals surface area (Å²) in [6, 6.07) is 17.6. The first-order valence-corrected chi connectivity index (χ1v) is 10.3. The topological polar surface area (TPSA) is 66.5 Å². The number of thioether (sulfide) groups is 1. The molecule has 1 N–H and O–H groups in total. The van der Waals surface area contributed by atoms with Gasteiger partial charge in [-0.15, -0.1) is 11.8 Å². The molecule has 1 atom stereocenters. The van der Waals surface area contributed by atoms with Gasteiger partial charge in [-0.2, -0.15) is 0 Å². The van der Waals surface area contributed by atoms with Gasteiger partial charge >= 0.3 is 0 Å². The van der Waals surface area contributed by atoms with Crippen molar-refractivity contribution >= 4 is 40.9 Å². The van der Waals surface area contributed by atoms with Crippen LogP contribution in [-0.4, -0.2) is 23.0 Å². The molecule has 4 rings (SSSR count). The van der Waals surface area contributed by atoms with E-state index in [0.29, 0.717) is 11.4 Å². The molecular weight excluding hydrogens is 422 g/mol. The summed E-state index contributed by atoms with van der Waals surface area (Å²) in [5.74, 6) is -2.33. The Morgan fingerprint density at radius 1 is 0.935 bits per heavy atom. The fourth-order valence-corrected chi connectivity index (χ4v) is 4.24. The summed E-state index contributed by atoms with van der Waals surface area (Å²) in [5.41, 5.74) is 0.752. The fraction of sp³-hybridized carbons (Fsp3) is 0.0870. The number of hydrogen-bond acceptors (Lipinski definition) is 4. The number of rotatable bonds is 5. The normalized spacial score (nSPS) is 15.9. The van der Waals surface area contributed by atoms with Gasteiger partial charge in [0.15, 0.2) is 0 Å². The number of nitrogens with zero attached hydrogens (tertiary/aromatic N) is 1. The summed E-state index contributed by atoms with van der Waals surface area (Å²) in [6.07, 6.45) is 0.0344. The maximum atomic E-state index is 13.7. The monoisotopic (exact) mass is 438 g/mol. The molecule has 1 fully saturated rings. The maximum Gasteiger partial charge on any atom is 0.258 e. The first-order valence-electron chi connectivity index (χ1n) is 9.37. The average molecular weight is 438 g/mol.